The number of benzene rings is 2. The highest BCUT2D eigenvalue weighted by atomic mass is 32.2. The molecule has 2 aromatic rings. The van der Waals surface area contributed by atoms with Crippen LogP contribution in [0.5, 0.6) is 0 Å². The van der Waals surface area contributed by atoms with Gasteiger partial charge in [0.1, 0.15) is 5.82 Å². The average Bonchev–Trinajstić information content (AvgIpc) is 2.44. The van der Waals surface area contributed by atoms with Crippen molar-refractivity contribution in [1.29, 1.82) is 0 Å². The summed E-state index contributed by atoms with van der Waals surface area (Å²) in [5.74, 6) is 0.787. The molecule has 0 radical (unpaired) electrons. The molecule has 0 aliphatic rings. The van der Waals surface area contributed by atoms with Crippen molar-refractivity contribution in [3.05, 3.63) is 65.0 Å². The molecule has 21 heavy (non-hydrogen) atoms. The molecule has 0 aromatic heterocycles. The molecule has 0 saturated heterocycles. The Morgan fingerprint density at radius 3 is 2.24 bits per heavy atom. The van der Waals surface area contributed by atoms with E-state index in [1.165, 1.54) is 28.8 Å². The lowest BCUT2D eigenvalue weighted by molar-refractivity contribution is 0.616. The van der Waals surface area contributed by atoms with Crippen LogP contribution in [0.25, 0.3) is 0 Å². The first-order valence-corrected chi connectivity index (χ1v) is 8.18. The highest BCUT2D eigenvalue weighted by Gasteiger charge is 2.09. The molecule has 2 aromatic carbocycles. The van der Waals surface area contributed by atoms with E-state index >= 15 is 0 Å². The summed E-state index contributed by atoms with van der Waals surface area (Å²) >= 11 is 1.76. The zero-order valence-corrected chi connectivity index (χ0v) is 13.6. The monoisotopic (exact) mass is 303 g/mol. The minimum Gasteiger partial charge on any atom is -0.316 e. The predicted molar refractivity (Wildman–Crippen MR) is 89.6 cm³/mol. The molecule has 0 fully saturated rings. The van der Waals surface area contributed by atoms with Gasteiger partial charge in [-0.05, 0) is 57.1 Å². The van der Waals surface area contributed by atoms with Gasteiger partial charge in [0.15, 0.2) is 0 Å². The quantitative estimate of drug-likeness (QED) is 0.796. The third-order valence-corrected chi connectivity index (χ3v) is 4.61. The van der Waals surface area contributed by atoms with E-state index in [0.29, 0.717) is 6.04 Å². The fraction of sp³-hybridized carbons (Fsp3) is 0.333. The van der Waals surface area contributed by atoms with Crippen molar-refractivity contribution in [1.82, 2.24) is 5.32 Å². The molecule has 0 spiro atoms. The van der Waals surface area contributed by atoms with Crippen molar-refractivity contribution in [2.75, 3.05) is 12.8 Å². The Balaban J connectivity index is 1.95. The maximum absolute atomic E-state index is 12.9. The molecule has 1 nitrogen and oxygen atoms in total. The summed E-state index contributed by atoms with van der Waals surface area (Å²) in [6.07, 6.45) is 1.01. The molecule has 0 bridgehead atoms. The number of nitrogens with one attached hydrogen (secondary N) is 1. The Morgan fingerprint density at radius 2 is 1.67 bits per heavy atom. The van der Waals surface area contributed by atoms with Crippen molar-refractivity contribution >= 4 is 11.8 Å². The topological polar surface area (TPSA) is 12.0 Å². The Hall–Kier alpha value is -1.32. The first-order valence-electron chi connectivity index (χ1n) is 7.19. The minimum atomic E-state index is -0.181. The standard InChI is InChI=1S/C18H22FNS/c1-13-8-14(2)10-15(9-13)11-17(20-3)12-21-18-6-4-16(19)5-7-18/h4-10,17,20H,11-12H2,1-3H3. The molecule has 3 heteroatoms. The number of thioether (sulfide) groups is 1. The average molecular weight is 303 g/mol. The van der Waals surface area contributed by atoms with Crippen molar-refractivity contribution in [3.8, 4) is 0 Å². The third-order valence-electron chi connectivity index (χ3n) is 3.44. The number of halogens is 1. The molecular formula is C18H22FNS. The fourth-order valence-electron chi connectivity index (χ4n) is 2.44. The van der Waals surface area contributed by atoms with Gasteiger partial charge < -0.3 is 5.32 Å². The maximum Gasteiger partial charge on any atom is 0.123 e. The molecule has 0 saturated carbocycles. The van der Waals surface area contributed by atoms with E-state index in [4.69, 9.17) is 0 Å². The van der Waals surface area contributed by atoms with Gasteiger partial charge in [-0.2, -0.15) is 0 Å². The maximum atomic E-state index is 12.9. The largest absolute Gasteiger partial charge is 0.316 e. The third kappa shape index (κ3) is 5.18. The summed E-state index contributed by atoms with van der Waals surface area (Å²) in [5.41, 5.74) is 3.99. The van der Waals surface area contributed by atoms with Gasteiger partial charge in [0, 0.05) is 16.7 Å². The van der Waals surface area contributed by atoms with E-state index in [0.717, 1.165) is 17.1 Å². The van der Waals surface area contributed by atoms with E-state index in [9.17, 15) is 4.39 Å². The Bertz CT molecular complexity index is 560. The van der Waals surface area contributed by atoms with Gasteiger partial charge >= 0.3 is 0 Å². The van der Waals surface area contributed by atoms with Crippen molar-refractivity contribution in [2.24, 2.45) is 0 Å². The van der Waals surface area contributed by atoms with Gasteiger partial charge in [-0.3, -0.25) is 0 Å². The summed E-state index contributed by atoms with van der Waals surface area (Å²) in [6, 6.07) is 13.8. The Labute approximate surface area is 131 Å². The molecular weight excluding hydrogens is 281 g/mol. The summed E-state index contributed by atoms with van der Waals surface area (Å²) in [5, 5.41) is 3.38. The molecule has 0 aliphatic carbocycles. The molecule has 112 valence electrons. The lowest BCUT2D eigenvalue weighted by Gasteiger charge is -2.16. The highest BCUT2D eigenvalue weighted by molar-refractivity contribution is 7.99. The lowest BCUT2D eigenvalue weighted by Crippen LogP contribution is -2.30. The van der Waals surface area contributed by atoms with Crippen molar-refractivity contribution in [2.45, 2.75) is 31.2 Å². The van der Waals surface area contributed by atoms with Gasteiger partial charge in [0.05, 0.1) is 0 Å². The Kier molecular flexibility index (Phi) is 5.83. The number of aryl methyl sites for hydroxylation is 2. The molecule has 0 heterocycles. The fourth-order valence-corrected chi connectivity index (χ4v) is 3.45. The van der Waals surface area contributed by atoms with Gasteiger partial charge in [-0.15, -0.1) is 11.8 Å². The Morgan fingerprint density at radius 1 is 1.05 bits per heavy atom. The summed E-state index contributed by atoms with van der Waals surface area (Å²) in [6.45, 7) is 4.27. The van der Waals surface area contributed by atoms with Gasteiger partial charge in [0.2, 0.25) is 0 Å². The van der Waals surface area contributed by atoms with Crippen LogP contribution in [0.15, 0.2) is 47.4 Å². The van der Waals surface area contributed by atoms with E-state index in [1.54, 1.807) is 11.8 Å². The minimum absolute atomic E-state index is 0.181. The van der Waals surface area contributed by atoms with Crippen LogP contribution in [-0.4, -0.2) is 18.8 Å². The first kappa shape index (κ1) is 16.1. The van der Waals surface area contributed by atoms with Gasteiger partial charge in [-0.1, -0.05) is 29.3 Å². The highest BCUT2D eigenvalue weighted by Crippen LogP contribution is 2.20. The molecule has 0 aliphatic heterocycles. The normalized spacial score (nSPS) is 12.4. The SMILES string of the molecule is CNC(CSc1ccc(F)cc1)Cc1cc(C)cc(C)c1. The summed E-state index contributed by atoms with van der Waals surface area (Å²) in [4.78, 5) is 1.11. The zero-order valence-electron chi connectivity index (χ0n) is 12.8. The van der Waals surface area contributed by atoms with E-state index in [-0.39, 0.29) is 5.82 Å². The number of likely N-dealkylation sites (N-methyl/N-ethyl adjacent to an activating group) is 1. The van der Waals surface area contributed by atoms with Crippen molar-refractivity contribution in [3.63, 3.8) is 0 Å². The van der Waals surface area contributed by atoms with E-state index in [2.05, 4.69) is 37.4 Å². The smallest absolute Gasteiger partial charge is 0.123 e. The summed E-state index contributed by atoms with van der Waals surface area (Å²) in [7, 11) is 2.00. The van der Waals surface area contributed by atoms with Crippen LogP contribution in [0.4, 0.5) is 4.39 Å². The lowest BCUT2D eigenvalue weighted by atomic mass is 10.0. The van der Waals surface area contributed by atoms with Crippen LogP contribution in [0.1, 0.15) is 16.7 Å². The molecule has 1 N–H and O–H groups in total. The van der Waals surface area contributed by atoms with Crippen molar-refractivity contribution < 1.29 is 4.39 Å². The second kappa shape index (κ2) is 7.62. The number of rotatable bonds is 6. The van der Waals surface area contributed by atoms with Crippen LogP contribution in [-0.2, 0) is 6.42 Å². The van der Waals surface area contributed by atoms with Crippen LogP contribution in [0, 0.1) is 19.7 Å². The van der Waals surface area contributed by atoms with Crippen LogP contribution in [0.3, 0.4) is 0 Å². The molecule has 2 rings (SSSR count). The summed E-state index contributed by atoms with van der Waals surface area (Å²) < 4.78 is 12.9. The van der Waals surface area contributed by atoms with E-state index in [1.807, 2.05) is 19.2 Å². The van der Waals surface area contributed by atoms with Crippen LogP contribution < -0.4 is 5.32 Å². The van der Waals surface area contributed by atoms with Gasteiger partial charge in [-0.25, -0.2) is 4.39 Å². The zero-order chi connectivity index (χ0) is 15.2. The molecule has 1 atom stereocenters. The van der Waals surface area contributed by atoms with Crippen LogP contribution in [0.2, 0.25) is 0 Å². The van der Waals surface area contributed by atoms with E-state index < -0.39 is 0 Å². The number of hydrogen-bond donors (Lipinski definition) is 1. The first-order chi connectivity index (χ1) is 10.1. The number of hydrogen-bond acceptors (Lipinski definition) is 2. The second-order valence-corrected chi connectivity index (χ2v) is 6.54. The molecule has 0 amide bonds. The molecule has 1 unspecified atom stereocenters. The second-order valence-electron chi connectivity index (χ2n) is 5.45. The van der Waals surface area contributed by atoms with Gasteiger partial charge in [0.25, 0.3) is 0 Å². The van der Waals surface area contributed by atoms with Crippen LogP contribution >= 0.6 is 11.8 Å². The predicted octanol–water partition coefficient (Wildman–Crippen LogP) is 4.37.